The molecule has 2 heterocycles. The summed E-state index contributed by atoms with van der Waals surface area (Å²) in [6.07, 6.45) is 1.58. The summed E-state index contributed by atoms with van der Waals surface area (Å²) in [5.41, 5.74) is 7.75. The van der Waals surface area contributed by atoms with Gasteiger partial charge >= 0.3 is 6.09 Å². The molecule has 0 spiro atoms. The highest BCUT2D eigenvalue weighted by Gasteiger charge is 2.42. The quantitative estimate of drug-likeness (QED) is 0.345. The number of rotatable bonds is 9. The molecule has 0 bridgehead atoms. The first-order valence-corrected chi connectivity index (χ1v) is 14.3. The molecule has 2 aliphatic heterocycles. The molecule has 1 saturated heterocycles. The standard InChI is InChI=1S/C33H38N2O7/c1-33(2,3)42-32(38)35-25(11-7-21-8-16-28-29(18-21)41-20-40-28)12-15-27(35)30(36)23-9-13-26(14-10-23)39-19-22-5-4-6-24(17-22)31(34)37/h4-6,8-10,13-14,16-18,25,27,30,36H,7,11-12,15,19-20H2,1-3H3,(H2,34,37). The van der Waals surface area contributed by atoms with Gasteiger partial charge in [-0.1, -0.05) is 30.3 Å². The Morgan fingerprint density at radius 1 is 1.00 bits per heavy atom. The van der Waals surface area contributed by atoms with Gasteiger partial charge in [-0.15, -0.1) is 0 Å². The third-order valence-electron chi connectivity index (χ3n) is 7.56. The molecule has 2 aliphatic rings. The summed E-state index contributed by atoms with van der Waals surface area (Å²) >= 11 is 0. The Labute approximate surface area is 246 Å². The molecule has 3 aromatic rings. The van der Waals surface area contributed by atoms with Gasteiger partial charge in [0.1, 0.15) is 18.0 Å². The number of aliphatic hydroxyl groups excluding tert-OH is 1. The highest BCUT2D eigenvalue weighted by molar-refractivity contribution is 5.92. The van der Waals surface area contributed by atoms with Crippen LogP contribution in [-0.4, -0.2) is 46.5 Å². The van der Waals surface area contributed by atoms with Crippen LogP contribution >= 0.6 is 0 Å². The van der Waals surface area contributed by atoms with Crippen molar-refractivity contribution >= 4 is 12.0 Å². The molecule has 0 aromatic heterocycles. The maximum absolute atomic E-state index is 13.4. The maximum Gasteiger partial charge on any atom is 0.410 e. The Kier molecular flexibility index (Phi) is 8.59. The Balaban J connectivity index is 1.26. The van der Waals surface area contributed by atoms with Gasteiger partial charge in [-0.3, -0.25) is 9.69 Å². The molecule has 2 amide bonds. The number of ether oxygens (including phenoxy) is 4. The smallest absolute Gasteiger partial charge is 0.410 e. The van der Waals surface area contributed by atoms with E-state index in [1.54, 1.807) is 35.2 Å². The summed E-state index contributed by atoms with van der Waals surface area (Å²) in [7, 11) is 0. The number of carbonyl (C=O) groups excluding carboxylic acids is 2. The number of hydrogen-bond donors (Lipinski definition) is 2. The molecule has 0 saturated carbocycles. The predicted octanol–water partition coefficient (Wildman–Crippen LogP) is 5.53. The molecule has 9 nitrogen and oxygen atoms in total. The lowest BCUT2D eigenvalue weighted by Gasteiger charge is -2.35. The minimum atomic E-state index is -0.894. The third-order valence-corrected chi connectivity index (χ3v) is 7.56. The minimum Gasteiger partial charge on any atom is -0.489 e. The zero-order chi connectivity index (χ0) is 29.9. The molecule has 222 valence electrons. The fourth-order valence-corrected chi connectivity index (χ4v) is 5.50. The molecule has 3 atom stereocenters. The van der Waals surface area contributed by atoms with Crippen LogP contribution in [-0.2, 0) is 17.8 Å². The number of nitrogens with two attached hydrogens (primary N) is 1. The van der Waals surface area contributed by atoms with Crippen LogP contribution in [0.4, 0.5) is 4.79 Å². The molecule has 3 N–H and O–H groups in total. The number of amides is 2. The minimum absolute atomic E-state index is 0.0799. The average Bonchev–Trinajstić information content (AvgIpc) is 3.61. The second kappa shape index (κ2) is 12.3. The normalized spacial score (nSPS) is 18.5. The van der Waals surface area contributed by atoms with Crippen molar-refractivity contribution in [2.75, 3.05) is 6.79 Å². The lowest BCUT2D eigenvalue weighted by molar-refractivity contribution is -0.00532. The first-order valence-electron chi connectivity index (χ1n) is 14.3. The van der Waals surface area contributed by atoms with E-state index in [2.05, 4.69) is 0 Å². The van der Waals surface area contributed by atoms with Crippen LogP contribution in [0, 0.1) is 0 Å². The zero-order valence-corrected chi connectivity index (χ0v) is 24.2. The molecule has 3 unspecified atom stereocenters. The van der Waals surface area contributed by atoms with Crippen molar-refractivity contribution in [1.29, 1.82) is 0 Å². The van der Waals surface area contributed by atoms with E-state index in [4.69, 9.17) is 24.7 Å². The number of aryl methyl sites for hydroxylation is 1. The number of likely N-dealkylation sites (tertiary alicyclic amines) is 1. The molecular formula is C33H38N2O7. The molecule has 0 radical (unpaired) electrons. The van der Waals surface area contributed by atoms with E-state index in [-0.39, 0.29) is 19.4 Å². The fraction of sp³-hybridized carbons (Fsp3) is 0.394. The number of fused-ring (bicyclic) bond motifs is 1. The van der Waals surface area contributed by atoms with Crippen LogP contribution in [0.2, 0.25) is 0 Å². The van der Waals surface area contributed by atoms with E-state index < -0.39 is 29.7 Å². The number of primary amides is 1. The van der Waals surface area contributed by atoms with Gasteiger partial charge in [-0.2, -0.15) is 0 Å². The number of hydrogen-bond acceptors (Lipinski definition) is 7. The van der Waals surface area contributed by atoms with E-state index in [1.807, 2.05) is 57.2 Å². The molecule has 1 fully saturated rings. The number of aliphatic hydroxyl groups is 1. The van der Waals surface area contributed by atoms with Crippen LogP contribution in [0.25, 0.3) is 0 Å². The van der Waals surface area contributed by atoms with Gasteiger partial charge in [0.05, 0.1) is 12.1 Å². The Morgan fingerprint density at radius 3 is 2.50 bits per heavy atom. The van der Waals surface area contributed by atoms with Crippen molar-refractivity contribution in [1.82, 2.24) is 4.90 Å². The number of carbonyl (C=O) groups is 2. The lowest BCUT2D eigenvalue weighted by atomic mass is 10.00. The topological polar surface area (TPSA) is 121 Å². The predicted molar refractivity (Wildman–Crippen MR) is 156 cm³/mol. The Bertz CT molecular complexity index is 1420. The van der Waals surface area contributed by atoms with Gasteiger partial charge in [0.15, 0.2) is 11.5 Å². The maximum atomic E-state index is 13.4. The van der Waals surface area contributed by atoms with Crippen LogP contribution in [0.15, 0.2) is 66.7 Å². The molecule has 5 rings (SSSR count). The van der Waals surface area contributed by atoms with Crippen molar-refractivity contribution < 1.29 is 33.6 Å². The second-order valence-electron chi connectivity index (χ2n) is 11.8. The zero-order valence-electron chi connectivity index (χ0n) is 24.2. The van der Waals surface area contributed by atoms with Gasteiger partial charge in [-0.05, 0) is 99.5 Å². The van der Waals surface area contributed by atoms with Crippen LogP contribution in [0.3, 0.4) is 0 Å². The van der Waals surface area contributed by atoms with Gasteiger partial charge in [0.2, 0.25) is 12.7 Å². The Morgan fingerprint density at radius 2 is 1.76 bits per heavy atom. The first kappa shape index (κ1) is 29.3. The van der Waals surface area contributed by atoms with E-state index in [0.717, 1.165) is 41.9 Å². The second-order valence-corrected chi connectivity index (χ2v) is 11.8. The fourth-order valence-electron chi connectivity index (χ4n) is 5.50. The van der Waals surface area contributed by atoms with Crippen LogP contribution < -0.4 is 19.9 Å². The molecule has 42 heavy (non-hydrogen) atoms. The highest BCUT2D eigenvalue weighted by Crippen LogP contribution is 2.38. The summed E-state index contributed by atoms with van der Waals surface area (Å²) in [5, 5.41) is 11.5. The van der Waals surface area contributed by atoms with Gasteiger partial charge in [0, 0.05) is 11.6 Å². The molecular weight excluding hydrogens is 536 g/mol. The third kappa shape index (κ3) is 6.97. The van der Waals surface area contributed by atoms with Gasteiger partial charge in [-0.25, -0.2) is 4.79 Å². The summed E-state index contributed by atoms with van der Waals surface area (Å²) in [4.78, 5) is 26.6. The summed E-state index contributed by atoms with van der Waals surface area (Å²) < 4.78 is 22.6. The van der Waals surface area contributed by atoms with E-state index in [0.29, 0.717) is 23.3 Å². The van der Waals surface area contributed by atoms with Crippen molar-refractivity contribution in [3.05, 3.63) is 89.0 Å². The van der Waals surface area contributed by atoms with E-state index in [9.17, 15) is 14.7 Å². The molecule has 0 aliphatic carbocycles. The van der Waals surface area contributed by atoms with Gasteiger partial charge < -0.3 is 29.8 Å². The monoisotopic (exact) mass is 574 g/mol. The molecule has 3 aromatic carbocycles. The SMILES string of the molecule is CC(C)(C)OC(=O)N1C(CCc2ccc3c(c2)OCO3)CCC1C(O)c1ccc(OCc2cccc(C(N)=O)c2)cc1. The van der Waals surface area contributed by atoms with Crippen molar-refractivity contribution in [3.8, 4) is 17.2 Å². The highest BCUT2D eigenvalue weighted by atomic mass is 16.7. The summed E-state index contributed by atoms with van der Waals surface area (Å²) in [5.74, 6) is 1.61. The van der Waals surface area contributed by atoms with E-state index in [1.165, 1.54) is 0 Å². The summed E-state index contributed by atoms with van der Waals surface area (Å²) in [6.45, 7) is 6.03. The largest absolute Gasteiger partial charge is 0.489 e. The van der Waals surface area contributed by atoms with Crippen LogP contribution in [0.5, 0.6) is 17.2 Å². The van der Waals surface area contributed by atoms with Crippen molar-refractivity contribution in [2.24, 2.45) is 5.73 Å². The van der Waals surface area contributed by atoms with Crippen molar-refractivity contribution in [2.45, 2.75) is 76.9 Å². The average molecular weight is 575 g/mol. The summed E-state index contributed by atoms with van der Waals surface area (Å²) in [6, 6.07) is 19.6. The van der Waals surface area contributed by atoms with Gasteiger partial charge in [0.25, 0.3) is 0 Å². The van der Waals surface area contributed by atoms with E-state index >= 15 is 0 Å². The van der Waals surface area contributed by atoms with Crippen molar-refractivity contribution in [3.63, 3.8) is 0 Å². The number of benzene rings is 3. The lowest BCUT2D eigenvalue weighted by Crippen LogP contribution is -2.46. The molecule has 9 heteroatoms. The van der Waals surface area contributed by atoms with Crippen LogP contribution in [0.1, 0.15) is 73.2 Å². The number of nitrogens with zero attached hydrogens (tertiary/aromatic N) is 1. The first-order chi connectivity index (χ1) is 20.1. The Hall–Kier alpha value is -4.24.